The first-order valence-corrected chi connectivity index (χ1v) is 8.91. The molecule has 5 nitrogen and oxygen atoms in total. The van der Waals surface area contributed by atoms with E-state index in [-0.39, 0.29) is 30.3 Å². The lowest BCUT2D eigenvalue weighted by molar-refractivity contribution is -0.126. The van der Waals surface area contributed by atoms with Gasteiger partial charge in [-0.15, -0.1) is 0 Å². The topological polar surface area (TPSA) is 58.6 Å². The molecule has 136 valence electrons. The van der Waals surface area contributed by atoms with Crippen molar-refractivity contribution in [2.45, 2.75) is 32.9 Å². The van der Waals surface area contributed by atoms with E-state index in [1.54, 1.807) is 4.90 Å². The van der Waals surface area contributed by atoms with Gasteiger partial charge in [-0.3, -0.25) is 9.59 Å². The molecule has 1 heterocycles. The summed E-state index contributed by atoms with van der Waals surface area (Å²) in [6.45, 7) is 4.83. The molecule has 0 spiro atoms. The predicted molar refractivity (Wildman–Crippen MR) is 101 cm³/mol. The molecule has 0 saturated carbocycles. The van der Waals surface area contributed by atoms with E-state index < -0.39 is 0 Å². The molecule has 0 aromatic heterocycles. The maximum Gasteiger partial charge on any atom is 0.227 e. The number of benzene rings is 2. The van der Waals surface area contributed by atoms with Gasteiger partial charge in [0.05, 0.1) is 12.0 Å². The SMILES string of the molecule is CC(C)Oc1ccc(CNC(=O)[C@H]2CC(=O)N(c3ccccc3)C2)cc1. The van der Waals surface area contributed by atoms with E-state index in [1.165, 1.54) is 0 Å². The molecule has 3 rings (SSSR count). The summed E-state index contributed by atoms with van der Waals surface area (Å²) in [5.74, 6) is 0.409. The first-order chi connectivity index (χ1) is 12.5. The van der Waals surface area contributed by atoms with Crippen LogP contribution in [0.4, 0.5) is 5.69 Å². The largest absolute Gasteiger partial charge is 0.491 e. The Hall–Kier alpha value is -2.82. The maximum atomic E-state index is 12.4. The fourth-order valence-corrected chi connectivity index (χ4v) is 3.03. The summed E-state index contributed by atoms with van der Waals surface area (Å²) in [6, 6.07) is 17.1. The first kappa shape index (κ1) is 18.0. The minimum absolute atomic E-state index is 0.00784. The summed E-state index contributed by atoms with van der Waals surface area (Å²) in [4.78, 5) is 26.3. The number of para-hydroxylation sites is 1. The van der Waals surface area contributed by atoms with Crippen LogP contribution in [0.5, 0.6) is 5.75 Å². The summed E-state index contributed by atoms with van der Waals surface area (Å²) in [6.07, 6.45) is 0.384. The second-order valence-corrected chi connectivity index (χ2v) is 6.77. The Kier molecular flexibility index (Phi) is 5.56. The Labute approximate surface area is 154 Å². The highest BCUT2D eigenvalue weighted by Crippen LogP contribution is 2.25. The molecule has 2 aromatic rings. The Morgan fingerprint density at radius 2 is 1.85 bits per heavy atom. The second kappa shape index (κ2) is 8.04. The van der Waals surface area contributed by atoms with Crippen LogP contribution in [0.3, 0.4) is 0 Å². The molecule has 1 atom stereocenters. The molecule has 26 heavy (non-hydrogen) atoms. The molecule has 0 aliphatic carbocycles. The molecule has 1 aliphatic rings. The highest BCUT2D eigenvalue weighted by Gasteiger charge is 2.34. The molecule has 2 aromatic carbocycles. The van der Waals surface area contributed by atoms with E-state index in [2.05, 4.69) is 5.32 Å². The Balaban J connectivity index is 1.53. The van der Waals surface area contributed by atoms with E-state index in [0.29, 0.717) is 13.1 Å². The Morgan fingerprint density at radius 3 is 2.50 bits per heavy atom. The van der Waals surface area contributed by atoms with Gasteiger partial charge in [0.25, 0.3) is 0 Å². The zero-order valence-corrected chi connectivity index (χ0v) is 15.1. The molecule has 0 radical (unpaired) electrons. The quantitative estimate of drug-likeness (QED) is 0.869. The number of nitrogens with one attached hydrogen (secondary N) is 1. The number of rotatable bonds is 6. The number of carbonyl (C=O) groups excluding carboxylic acids is 2. The van der Waals surface area contributed by atoms with Crippen molar-refractivity contribution in [1.82, 2.24) is 5.32 Å². The fourth-order valence-electron chi connectivity index (χ4n) is 3.03. The van der Waals surface area contributed by atoms with Crippen molar-refractivity contribution in [3.63, 3.8) is 0 Å². The molecule has 0 bridgehead atoms. The lowest BCUT2D eigenvalue weighted by atomic mass is 10.1. The van der Waals surface area contributed by atoms with E-state index in [0.717, 1.165) is 17.0 Å². The summed E-state index contributed by atoms with van der Waals surface area (Å²) < 4.78 is 5.61. The van der Waals surface area contributed by atoms with Crippen LogP contribution in [0.1, 0.15) is 25.8 Å². The highest BCUT2D eigenvalue weighted by atomic mass is 16.5. The zero-order valence-electron chi connectivity index (χ0n) is 15.1. The predicted octanol–water partition coefficient (Wildman–Crippen LogP) is 3.14. The van der Waals surface area contributed by atoms with Crippen molar-refractivity contribution in [2.75, 3.05) is 11.4 Å². The van der Waals surface area contributed by atoms with Crippen molar-refractivity contribution < 1.29 is 14.3 Å². The Bertz CT molecular complexity index is 757. The van der Waals surface area contributed by atoms with Crippen LogP contribution in [0.2, 0.25) is 0 Å². The minimum Gasteiger partial charge on any atom is -0.491 e. The van der Waals surface area contributed by atoms with Gasteiger partial charge >= 0.3 is 0 Å². The molecule has 1 fully saturated rings. The maximum absolute atomic E-state index is 12.4. The third-order valence-corrected chi connectivity index (χ3v) is 4.33. The van der Waals surface area contributed by atoms with Crippen LogP contribution in [0.15, 0.2) is 54.6 Å². The summed E-state index contributed by atoms with van der Waals surface area (Å²) in [5, 5.41) is 2.94. The number of hydrogen-bond acceptors (Lipinski definition) is 3. The number of anilines is 1. The van der Waals surface area contributed by atoms with Gasteiger partial charge in [-0.2, -0.15) is 0 Å². The van der Waals surface area contributed by atoms with Crippen LogP contribution in [-0.2, 0) is 16.1 Å². The number of amides is 2. The Morgan fingerprint density at radius 1 is 1.15 bits per heavy atom. The molecular formula is C21H24N2O3. The average molecular weight is 352 g/mol. The van der Waals surface area contributed by atoms with E-state index in [9.17, 15) is 9.59 Å². The van der Waals surface area contributed by atoms with Gasteiger partial charge in [0, 0.05) is 25.2 Å². The average Bonchev–Trinajstić information content (AvgIpc) is 3.03. The van der Waals surface area contributed by atoms with Gasteiger partial charge in [-0.25, -0.2) is 0 Å². The summed E-state index contributed by atoms with van der Waals surface area (Å²) >= 11 is 0. The molecular weight excluding hydrogens is 328 g/mol. The van der Waals surface area contributed by atoms with Crippen molar-refractivity contribution >= 4 is 17.5 Å². The van der Waals surface area contributed by atoms with E-state index in [1.807, 2.05) is 68.4 Å². The number of nitrogens with zero attached hydrogens (tertiary/aromatic N) is 1. The number of carbonyl (C=O) groups is 2. The number of hydrogen-bond donors (Lipinski definition) is 1. The third-order valence-electron chi connectivity index (χ3n) is 4.33. The van der Waals surface area contributed by atoms with E-state index >= 15 is 0 Å². The van der Waals surface area contributed by atoms with Gasteiger partial charge in [0.2, 0.25) is 11.8 Å². The molecule has 2 amide bonds. The minimum atomic E-state index is -0.314. The van der Waals surface area contributed by atoms with Gasteiger partial charge in [0.15, 0.2) is 0 Å². The molecule has 1 N–H and O–H groups in total. The second-order valence-electron chi connectivity index (χ2n) is 6.77. The van der Waals surface area contributed by atoms with Gasteiger partial charge < -0.3 is 15.0 Å². The van der Waals surface area contributed by atoms with Crippen molar-refractivity contribution in [1.29, 1.82) is 0 Å². The lowest BCUT2D eigenvalue weighted by Crippen LogP contribution is -2.32. The fraction of sp³-hybridized carbons (Fsp3) is 0.333. The molecule has 0 unspecified atom stereocenters. The van der Waals surface area contributed by atoms with Crippen LogP contribution < -0.4 is 15.0 Å². The van der Waals surface area contributed by atoms with Crippen LogP contribution in [-0.4, -0.2) is 24.5 Å². The zero-order chi connectivity index (χ0) is 18.5. The van der Waals surface area contributed by atoms with Crippen molar-refractivity contribution in [2.24, 2.45) is 5.92 Å². The van der Waals surface area contributed by atoms with Gasteiger partial charge in [-0.05, 0) is 43.7 Å². The normalized spacial score (nSPS) is 16.8. The number of ether oxygens (including phenoxy) is 1. The standard InChI is InChI=1S/C21H24N2O3/c1-15(2)26-19-10-8-16(9-11-19)13-22-21(25)17-12-20(24)23(14-17)18-6-4-3-5-7-18/h3-11,15,17H,12-14H2,1-2H3,(H,22,25)/t17-/m0/s1. The molecule has 1 saturated heterocycles. The monoisotopic (exact) mass is 352 g/mol. The van der Waals surface area contributed by atoms with Gasteiger partial charge in [-0.1, -0.05) is 30.3 Å². The van der Waals surface area contributed by atoms with Crippen LogP contribution in [0, 0.1) is 5.92 Å². The van der Waals surface area contributed by atoms with Gasteiger partial charge in [0.1, 0.15) is 5.75 Å². The van der Waals surface area contributed by atoms with Crippen molar-refractivity contribution in [3.05, 3.63) is 60.2 Å². The van der Waals surface area contributed by atoms with Crippen LogP contribution in [0.25, 0.3) is 0 Å². The third kappa shape index (κ3) is 4.42. The summed E-state index contributed by atoms with van der Waals surface area (Å²) in [7, 11) is 0. The molecule has 5 heteroatoms. The van der Waals surface area contributed by atoms with Crippen LogP contribution >= 0.6 is 0 Å². The first-order valence-electron chi connectivity index (χ1n) is 8.91. The summed E-state index contributed by atoms with van der Waals surface area (Å²) in [5.41, 5.74) is 1.84. The van der Waals surface area contributed by atoms with Crippen molar-refractivity contribution in [3.8, 4) is 5.75 Å². The smallest absolute Gasteiger partial charge is 0.227 e. The molecule has 1 aliphatic heterocycles. The van der Waals surface area contributed by atoms with E-state index in [4.69, 9.17) is 4.74 Å². The lowest BCUT2D eigenvalue weighted by Gasteiger charge is -2.16. The highest BCUT2D eigenvalue weighted by molar-refractivity contribution is 6.00.